The lowest BCUT2D eigenvalue weighted by Crippen LogP contribution is -2.52. The summed E-state index contributed by atoms with van der Waals surface area (Å²) in [6.45, 7) is 0.272. The Morgan fingerprint density at radius 2 is 1.92 bits per heavy atom. The highest BCUT2D eigenvalue weighted by atomic mass is 19.1. The lowest BCUT2D eigenvalue weighted by Gasteiger charge is -2.29. The molecule has 1 N–H and O–H groups in total. The van der Waals surface area contributed by atoms with Gasteiger partial charge in [0, 0.05) is 30.3 Å². The van der Waals surface area contributed by atoms with Crippen LogP contribution in [0, 0.1) is 5.95 Å². The van der Waals surface area contributed by atoms with Gasteiger partial charge in [-0.25, -0.2) is 4.98 Å². The highest BCUT2D eigenvalue weighted by Gasteiger charge is 2.39. The second-order valence-electron chi connectivity index (χ2n) is 6.10. The third kappa shape index (κ3) is 2.57. The number of piperidine rings is 1. The van der Waals surface area contributed by atoms with E-state index in [-0.39, 0.29) is 24.8 Å². The van der Waals surface area contributed by atoms with Gasteiger partial charge in [0.25, 0.3) is 5.91 Å². The Balaban J connectivity index is 1.70. The number of fused-ring (bicyclic) bond motifs is 1. The first-order chi connectivity index (χ1) is 12.0. The van der Waals surface area contributed by atoms with E-state index in [1.807, 2.05) is 6.07 Å². The van der Waals surface area contributed by atoms with Gasteiger partial charge in [0.05, 0.1) is 0 Å². The SMILES string of the molecule is O=C1CCC(N2Cc3c(cccc3-c3ccc(F)nc3)C2=O)C(=O)N1. The van der Waals surface area contributed by atoms with Crippen LogP contribution in [0.15, 0.2) is 36.5 Å². The summed E-state index contributed by atoms with van der Waals surface area (Å²) in [6.07, 6.45) is 1.95. The van der Waals surface area contributed by atoms with Crippen LogP contribution in [-0.2, 0) is 16.1 Å². The number of carbonyl (C=O) groups is 3. The molecule has 0 aliphatic carbocycles. The van der Waals surface area contributed by atoms with Crippen LogP contribution in [0.25, 0.3) is 11.1 Å². The van der Waals surface area contributed by atoms with Gasteiger partial charge in [-0.3, -0.25) is 19.7 Å². The van der Waals surface area contributed by atoms with Crippen LogP contribution in [0.3, 0.4) is 0 Å². The number of nitrogens with zero attached hydrogens (tertiary/aromatic N) is 2. The lowest BCUT2D eigenvalue weighted by atomic mass is 9.98. The van der Waals surface area contributed by atoms with Crippen molar-refractivity contribution in [3.8, 4) is 11.1 Å². The molecule has 0 radical (unpaired) electrons. The summed E-state index contributed by atoms with van der Waals surface area (Å²) in [5, 5.41) is 2.28. The Labute approximate surface area is 142 Å². The number of carbonyl (C=O) groups excluding carboxylic acids is 3. The van der Waals surface area contributed by atoms with Crippen molar-refractivity contribution in [2.24, 2.45) is 0 Å². The maximum absolute atomic E-state index is 13.1. The molecule has 126 valence electrons. The van der Waals surface area contributed by atoms with Gasteiger partial charge in [-0.2, -0.15) is 4.39 Å². The molecule has 0 spiro atoms. The predicted molar refractivity (Wildman–Crippen MR) is 85.7 cm³/mol. The van der Waals surface area contributed by atoms with E-state index in [2.05, 4.69) is 10.3 Å². The number of aromatic nitrogens is 1. The summed E-state index contributed by atoms with van der Waals surface area (Å²) in [7, 11) is 0. The number of imide groups is 1. The van der Waals surface area contributed by atoms with E-state index in [4.69, 9.17) is 0 Å². The first-order valence-corrected chi connectivity index (χ1v) is 7.93. The van der Waals surface area contributed by atoms with Crippen molar-refractivity contribution in [3.63, 3.8) is 0 Å². The Bertz CT molecular complexity index is 895. The second kappa shape index (κ2) is 5.77. The van der Waals surface area contributed by atoms with Gasteiger partial charge in [0.2, 0.25) is 17.8 Å². The van der Waals surface area contributed by atoms with E-state index >= 15 is 0 Å². The molecular formula is C18H14FN3O3. The molecule has 1 aromatic carbocycles. The van der Waals surface area contributed by atoms with E-state index in [0.717, 1.165) is 11.1 Å². The third-order valence-corrected chi connectivity index (χ3v) is 4.62. The van der Waals surface area contributed by atoms with Gasteiger partial charge in [-0.1, -0.05) is 12.1 Å². The molecule has 25 heavy (non-hydrogen) atoms. The Morgan fingerprint density at radius 3 is 2.64 bits per heavy atom. The smallest absolute Gasteiger partial charge is 0.255 e. The zero-order chi connectivity index (χ0) is 17.6. The van der Waals surface area contributed by atoms with Crippen molar-refractivity contribution >= 4 is 17.7 Å². The van der Waals surface area contributed by atoms with Crippen LogP contribution < -0.4 is 5.32 Å². The van der Waals surface area contributed by atoms with E-state index in [0.29, 0.717) is 17.5 Å². The fourth-order valence-corrected chi connectivity index (χ4v) is 3.39. The number of hydrogen-bond donors (Lipinski definition) is 1. The molecule has 1 aromatic heterocycles. The van der Waals surface area contributed by atoms with Crippen LogP contribution in [0.5, 0.6) is 0 Å². The van der Waals surface area contributed by atoms with Gasteiger partial charge in [-0.15, -0.1) is 0 Å². The van der Waals surface area contributed by atoms with Gasteiger partial charge in [0.15, 0.2) is 0 Å². The lowest BCUT2D eigenvalue weighted by molar-refractivity contribution is -0.136. The minimum absolute atomic E-state index is 0.214. The van der Waals surface area contributed by atoms with Crippen molar-refractivity contribution < 1.29 is 18.8 Å². The fourth-order valence-electron chi connectivity index (χ4n) is 3.39. The van der Waals surface area contributed by atoms with Crippen molar-refractivity contribution in [2.45, 2.75) is 25.4 Å². The van der Waals surface area contributed by atoms with Gasteiger partial charge < -0.3 is 4.90 Å². The molecule has 2 aromatic rings. The van der Waals surface area contributed by atoms with Gasteiger partial charge in [0.1, 0.15) is 6.04 Å². The summed E-state index contributed by atoms with van der Waals surface area (Å²) in [4.78, 5) is 41.3. The Kier molecular flexibility index (Phi) is 3.56. The first kappa shape index (κ1) is 15.4. The predicted octanol–water partition coefficient (Wildman–Crippen LogP) is 1.65. The molecule has 7 heteroatoms. The fraction of sp³-hybridized carbons (Fsp3) is 0.222. The molecule has 2 aliphatic heterocycles. The zero-order valence-electron chi connectivity index (χ0n) is 13.2. The van der Waals surface area contributed by atoms with Crippen molar-refractivity contribution in [1.29, 1.82) is 0 Å². The molecule has 4 rings (SSSR count). The molecule has 0 saturated carbocycles. The van der Waals surface area contributed by atoms with Crippen molar-refractivity contribution in [2.75, 3.05) is 0 Å². The van der Waals surface area contributed by atoms with Crippen LogP contribution in [0.2, 0.25) is 0 Å². The number of rotatable bonds is 2. The molecule has 1 atom stereocenters. The van der Waals surface area contributed by atoms with Crippen molar-refractivity contribution in [3.05, 3.63) is 53.6 Å². The minimum atomic E-state index is -0.656. The monoisotopic (exact) mass is 339 g/mol. The molecule has 3 amide bonds. The number of amides is 3. The summed E-state index contributed by atoms with van der Waals surface area (Å²) < 4.78 is 13.1. The molecule has 0 bridgehead atoms. The van der Waals surface area contributed by atoms with Gasteiger partial charge >= 0.3 is 0 Å². The van der Waals surface area contributed by atoms with E-state index in [1.54, 1.807) is 18.2 Å². The summed E-state index contributed by atoms with van der Waals surface area (Å²) >= 11 is 0. The molecule has 1 unspecified atom stereocenters. The largest absolute Gasteiger partial charge is 0.322 e. The number of benzene rings is 1. The maximum atomic E-state index is 13.1. The van der Waals surface area contributed by atoms with Crippen LogP contribution >= 0.6 is 0 Å². The number of nitrogens with one attached hydrogen (secondary N) is 1. The first-order valence-electron chi connectivity index (χ1n) is 7.93. The normalized spacial score (nSPS) is 19.8. The molecular weight excluding hydrogens is 325 g/mol. The highest BCUT2D eigenvalue weighted by molar-refractivity contribution is 6.06. The number of halogens is 1. The third-order valence-electron chi connectivity index (χ3n) is 4.62. The molecule has 2 aliphatic rings. The van der Waals surface area contributed by atoms with E-state index in [9.17, 15) is 18.8 Å². The van der Waals surface area contributed by atoms with Crippen LogP contribution in [0.4, 0.5) is 4.39 Å². The molecule has 1 fully saturated rings. The van der Waals surface area contributed by atoms with E-state index < -0.39 is 17.9 Å². The summed E-state index contributed by atoms with van der Waals surface area (Å²) in [5.74, 6) is -1.56. The quantitative estimate of drug-likeness (QED) is 0.666. The average Bonchev–Trinajstić information content (AvgIpc) is 2.93. The topological polar surface area (TPSA) is 79.4 Å². The number of pyridine rings is 1. The van der Waals surface area contributed by atoms with Crippen LogP contribution in [0.1, 0.15) is 28.8 Å². The maximum Gasteiger partial charge on any atom is 0.255 e. The van der Waals surface area contributed by atoms with Crippen LogP contribution in [-0.4, -0.2) is 33.6 Å². The average molecular weight is 339 g/mol. The minimum Gasteiger partial charge on any atom is -0.322 e. The molecule has 6 nitrogen and oxygen atoms in total. The molecule has 3 heterocycles. The van der Waals surface area contributed by atoms with Crippen molar-refractivity contribution in [1.82, 2.24) is 15.2 Å². The highest BCUT2D eigenvalue weighted by Crippen LogP contribution is 2.34. The summed E-state index contributed by atoms with van der Waals surface area (Å²) in [5.41, 5.74) is 2.79. The van der Waals surface area contributed by atoms with E-state index in [1.165, 1.54) is 17.2 Å². The standard InChI is InChI=1S/C18H14FN3O3/c19-15-6-4-10(8-20-15)11-2-1-3-12-13(11)9-22(18(12)25)14-5-7-16(23)21-17(14)24/h1-4,6,8,14H,5,7,9H2,(H,21,23,24). The second-order valence-corrected chi connectivity index (χ2v) is 6.10. The Morgan fingerprint density at radius 1 is 1.12 bits per heavy atom. The molecule has 1 saturated heterocycles. The number of hydrogen-bond acceptors (Lipinski definition) is 4. The van der Waals surface area contributed by atoms with Gasteiger partial charge in [-0.05, 0) is 35.7 Å². The summed E-state index contributed by atoms with van der Waals surface area (Å²) in [6, 6.07) is 7.53. The Hall–Kier alpha value is -3.09. The zero-order valence-corrected chi connectivity index (χ0v) is 13.2.